The number of hydrogen-bond acceptors (Lipinski definition) is 3. The van der Waals surface area contributed by atoms with Crippen LogP contribution in [0.1, 0.15) is 19.8 Å². The van der Waals surface area contributed by atoms with Crippen molar-refractivity contribution in [2.24, 2.45) is 0 Å². The van der Waals surface area contributed by atoms with E-state index in [0.29, 0.717) is 6.42 Å². The first-order chi connectivity index (χ1) is 6.66. The van der Waals surface area contributed by atoms with E-state index in [2.05, 4.69) is 0 Å². The minimum Gasteiger partial charge on any atom is -0.478 e. The molecule has 0 aromatic carbocycles. The minimum atomic E-state index is -1.16. The van der Waals surface area contributed by atoms with E-state index in [1.807, 2.05) is 19.1 Å². The van der Waals surface area contributed by atoms with E-state index in [0.717, 1.165) is 18.6 Å². The molecular formula is C10H14O4. The molecule has 0 aromatic heterocycles. The van der Waals surface area contributed by atoms with Gasteiger partial charge in [-0.15, -0.1) is 0 Å². The standard InChI is InChI=1S/C10H14O4/c1-2-3-4-5-8-14-10(13)7-6-9(11)12/h3-4,6-7H,2,5,8H2,1H3,(H,11,12)/b4-3-,7-6+. The molecule has 0 saturated carbocycles. The summed E-state index contributed by atoms with van der Waals surface area (Å²) in [5, 5.41) is 8.20. The van der Waals surface area contributed by atoms with Crippen molar-refractivity contribution in [1.82, 2.24) is 0 Å². The fourth-order valence-electron chi connectivity index (χ4n) is 0.700. The van der Waals surface area contributed by atoms with Gasteiger partial charge in [-0.2, -0.15) is 0 Å². The molecule has 0 saturated heterocycles. The molecule has 0 radical (unpaired) electrons. The van der Waals surface area contributed by atoms with Crippen molar-refractivity contribution in [2.45, 2.75) is 19.8 Å². The van der Waals surface area contributed by atoms with Crippen molar-refractivity contribution in [3.63, 3.8) is 0 Å². The van der Waals surface area contributed by atoms with Crippen LogP contribution in [0.25, 0.3) is 0 Å². The molecule has 0 unspecified atom stereocenters. The highest BCUT2D eigenvalue weighted by atomic mass is 16.5. The van der Waals surface area contributed by atoms with Gasteiger partial charge in [-0.25, -0.2) is 9.59 Å². The highest BCUT2D eigenvalue weighted by molar-refractivity contribution is 5.90. The van der Waals surface area contributed by atoms with Gasteiger partial charge in [0.2, 0.25) is 0 Å². The maximum Gasteiger partial charge on any atom is 0.331 e. The summed E-state index contributed by atoms with van der Waals surface area (Å²) in [7, 11) is 0. The largest absolute Gasteiger partial charge is 0.478 e. The summed E-state index contributed by atoms with van der Waals surface area (Å²) in [4.78, 5) is 20.8. The van der Waals surface area contributed by atoms with Crippen LogP contribution in [0.15, 0.2) is 24.3 Å². The van der Waals surface area contributed by atoms with Crippen LogP contribution in [0, 0.1) is 0 Å². The molecular weight excluding hydrogens is 184 g/mol. The average molecular weight is 198 g/mol. The number of esters is 1. The average Bonchev–Trinajstić information content (AvgIpc) is 2.14. The highest BCUT2D eigenvalue weighted by Crippen LogP contribution is 1.89. The second-order valence-electron chi connectivity index (χ2n) is 2.51. The van der Waals surface area contributed by atoms with Crippen molar-refractivity contribution < 1.29 is 19.4 Å². The Bertz CT molecular complexity index is 241. The fourth-order valence-corrected chi connectivity index (χ4v) is 0.700. The molecule has 0 aliphatic rings. The number of carboxylic acid groups (broad SMARTS) is 1. The molecule has 4 nitrogen and oxygen atoms in total. The first-order valence-electron chi connectivity index (χ1n) is 4.39. The van der Waals surface area contributed by atoms with Crippen molar-refractivity contribution >= 4 is 11.9 Å². The maximum absolute atomic E-state index is 10.8. The summed E-state index contributed by atoms with van der Waals surface area (Å²) in [6, 6.07) is 0. The summed E-state index contributed by atoms with van der Waals surface area (Å²) < 4.78 is 4.70. The number of ether oxygens (including phenoxy) is 1. The highest BCUT2D eigenvalue weighted by Gasteiger charge is 1.96. The molecule has 4 heteroatoms. The predicted molar refractivity (Wildman–Crippen MR) is 51.8 cm³/mol. The molecule has 14 heavy (non-hydrogen) atoms. The van der Waals surface area contributed by atoms with Crippen molar-refractivity contribution in [1.29, 1.82) is 0 Å². The fraction of sp³-hybridized carbons (Fsp3) is 0.400. The van der Waals surface area contributed by atoms with Gasteiger partial charge in [0.25, 0.3) is 0 Å². The van der Waals surface area contributed by atoms with E-state index in [-0.39, 0.29) is 6.61 Å². The SMILES string of the molecule is CC/C=C\CCOC(=O)/C=C/C(=O)O. The van der Waals surface area contributed by atoms with E-state index < -0.39 is 11.9 Å². The van der Waals surface area contributed by atoms with Crippen molar-refractivity contribution in [2.75, 3.05) is 6.61 Å². The molecule has 1 N–H and O–H groups in total. The van der Waals surface area contributed by atoms with E-state index in [9.17, 15) is 9.59 Å². The number of carboxylic acids is 1. The van der Waals surface area contributed by atoms with Crippen LogP contribution in [0.4, 0.5) is 0 Å². The summed E-state index contributed by atoms with van der Waals surface area (Å²) >= 11 is 0. The number of rotatable bonds is 6. The summed E-state index contributed by atoms with van der Waals surface area (Å²) in [5.41, 5.74) is 0. The first kappa shape index (κ1) is 12.4. The van der Waals surface area contributed by atoms with Crippen LogP contribution in [-0.2, 0) is 14.3 Å². The van der Waals surface area contributed by atoms with Gasteiger partial charge in [0.15, 0.2) is 0 Å². The smallest absolute Gasteiger partial charge is 0.331 e. The van der Waals surface area contributed by atoms with Gasteiger partial charge in [-0.3, -0.25) is 0 Å². The normalized spacial score (nSPS) is 10.9. The quantitative estimate of drug-likeness (QED) is 0.304. The predicted octanol–water partition coefficient (Wildman–Crippen LogP) is 1.53. The Balaban J connectivity index is 3.54. The van der Waals surface area contributed by atoms with Gasteiger partial charge >= 0.3 is 11.9 Å². The Morgan fingerprint density at radius 2 is 2.00 bits per heavy atom. The number of hydrogen-bond donors (Lipinski definition) is 1. The molecule has 0 amide bonds. The van der Waals surface area contributed by atoms with Crippen LogP contribution in [0.5, 0.6) is 0 Å². The molecule has 0 heterocycles. The number of carbonyl (C=O) groups excluding carboxylic acids is 1. The van der Waals surface area contributed by atoms with E-state index in [1.54, 1.807) is 0 Å². The van der Waals surface area contributed by atoms with Gasteiger partial charge in [0.1, 0.15) is 0 Å². The molecule has 78 valence electrons. The van der Waals surface area contributed by atoms with Crippen molar-refractivity contribution in [3.05, 3.63) is 24.3 Å². The molecule has 0 rings (SSSR count). The Morgan fingerprint density at radius 1 is 1.29 bits per heavy atom. The molecule has 0 aliphatic heterocycles. The van der Waals surface area contributed by atoms with Crippen LogP contribution >= 0.6 is 0 Å². The summed E-state index contributed by atoms with van der Waals surface area (Å²) in [6.07, 6.45) is 7.14. The Hall–Kier alpha value is -1.58. The van der Waals surface area contributed by atoms with Crippen LogP contribution < -0.4 is 0 Å². The van der Waals surface area contributed by atoms with Gasteiger partial charge in [-0.05, 0) is 12.8 Å². The Labute approximate surface area is 82.9 Å². The molecule has 0 aliphatic carbocycles. The Morgan fingerprint density at radius 3 is 2.57 bits per heavy atom. The van der Waals surface area contributed by atoms with Crippen LogP contribution in [0.3, 0.4) is 0 Å². The van der Waals surface area contributed by atoms with Crippen LogP contribution in [0.2, 0.25) is 0 Å². The van der Waals surface area contributed by atoms with Gasteiger partial charge in [-0.1, -0.05) is 19.1 Å². The first-order valence-corrected chi connectivity index (χ1v) is 4.39. The monoisotopic (exact) mass is 198 g/mol. The lowest BCUT2D eigenvalue weighted by molar-refractivity contribution is -0.138. The number of aliphatic carboxylic acids is 1. The molecule has 0 atom stereocenters. The molecule has 0 bridgehead atoms. The number of carbonyl (C=O) groups is 2. The van der Waals surface area contributed by atoms with Crippen LogP contribution in [-0.4, -0.2) is 23.7 Å². The summed E-state index contributed by atoms with van der Waals surface area (Å²) in [5.74, 6) is -1.79. The molecule has 0 aromatic rings. The third-order valence-corrected chi connectivity index (χ3v) is 1.29. The molecule has 0 fully saturated rings. The lowest BCUT2D eigenvalue weighted by Gasteiger charge is -1.97. The third kappa shape index (κ3) is 8.52. The lowest BCUT2D eigenvalue weighted by Crippen LogP contribution is -2.02. The van der Waals surface area contributed by atoms with E-state index >= 15 is 0 Å². The zero-order chi connectivity index (χ0) is 10.8. The third-order valence-electron chi connectivity index (χ3n) is 1.29. The zero-order valence-electron chi connectivity index (χ0n) is 8.10. The second-order valence-corrected chi connectivity index (χ2v) is 2.51. The topological polar surface area (TPSA) is 63.6 Å². The maximum atomic E-state index is 10.8. The number of allylic oxidation sites excluding steroid dienone is 1. The zero-order valence-corrected chi connectivity index (χ0v) is 8.10. The van der Waals surface area contributed by atoms with Crippen molar-refractivity contribution in [3.8, 4) is 0 Å². The second kappa shape index (κ2) is 8.04. The van der Waals surface area contributed by atoms with Gasteiger partial charge < -0.3 is 9.84 Å². The van der Waals surface area contributed by atoms with E-state index in [4.69, 9.17) is 9.84 Å². The van der Waals surface area contributed by atoms with Gasteiger partial charge in [0, 0.05) is 12.2 Å². The Kier molecular flexibility index (Phi) is 7.13. The minimum absolute atomic E-state index is 0.277. The lowest BCUT2D eigenvalue weighted by atomic mass is 10.3. The summed E-state index contributed by atoms with van der Waals surface area (Å²) in [6.45, 7) is 2.29. The van der Waals surface area contributed by atoms with E-state index in [1.165, 1.54) is 0 Å². The van der Waals surface area contributed by atoms with Gasteiger partial charge in [0.05, 0.1) is 6.61 Å². The molecule has 0 spiro atoms.